The summed E-state index contributed by atoms with van der Waals surface area (Å²) < 4.78 is 15.9. The van der Waals surface area contributed by atoms with Gasteiger partial charge in [0.25, 0.3) is 11.6 Å². The number of methoxy groups -OCH3 is 2. The van der Waals surface area contributed by atoms with E-state index < -0.39 is 11.0 Å². The number of nitro groups is 1. The Bertz CT molecular complexity index is 821. The number of benzene rings is 2. The second-order valence-corrected chi connectivity index (χ2v) is 5.52. The fourth-order valence-electron chi connectivity index (χ4n) is 2.32. The molecule has 0 bridgehead atoms. The summed E-state index contributed by atoms with van der Waals surface area (Å²) in [6.07, 6.45) is -0.802. The quantitative estimate of drug-likeness (QED) is 0.600. The highest BCUT2D eigenvalue weighted by molar-refractivity contribution is 5.94. The van der Waals surface area contributed by atoms with E-state index in [0.29, 0.717) is 28.5 Å². The second kappa shape index (κ2) is 8.19. The summed E-state index contributed by atoms with van der Waals surface area (Å²) in [4.78, 5) is 22.7. The Kier molecular flexibility index (Phi) is 6.00. The molecule has 0 unspecified atom stereocenters. The molecule has 0 fully saturated rings. The molecule has 8 heteroatoms. The Morgan fingerprint density at radius 3 is 2.38 bits per heavy atom. The first-order valence-electron chi connectivity index (χ1n) is 7.80. The van der Waals surface area contributed by atoms with Gasteiger partial charge in [0, 0.05) is 23.4 Å². The molecule has 0 aliphatic heterocycles. The number of hydrogen-bond acceptors (Lipinski definition) is 6. The zero-order valence-corrected chi connectivity index (χ0v) is 14.9. The number of nitrogens with zero attached hydrogens (tertiary/aromatic N) is 1. The van der Waals surface area contributed by atoms with Gasteiger partial charge in [-0.3, -0.25) is 14.9 Å². The van der Waals surface area contributed by atoms with Crippen molar-refractivity contribution in [1.29, 1.82) is 0 Å². The molecular weight excluding hydrogens is 340 g/mol. The molecule has 0 heterocycles. The van der Waals surface area contributed by atoms with Gasteiger partial charge >= 0.3 is 0 Å². The lowest BCUT2D eigenvalue weighted by Gasteiger charge is -2.16. The second-order valence-electron chi connectivity index (χ2n) is 5.52. The molecule has 8 nitrogen and oxygen atoms in total. The number of carbonyl (C=O) groups excluding carboxylic acids is 1. The largest absolute Gasteiger partial charge is 0.493 e. The van der Waals surface area contributed by atoms with Crippen molar-refractivity contribution < 1.29 is 23.9 Å². The van der Waals surface area contributed by atoms with Crippen LogP contribution in [-0.2, 0) is 4.79 Å². The zero-order valence-electron chi connectivity index (χ0n) is 14.9. The van der Waals surface area contributed by atoms with Gasteiger partial charge in [-0.2, -0.15) is 0 Å². The van der Waals surface area contributed by atoms with Crippen molar-refractivity contribution in [2.45, 2.75) is 20.0 Å². The third kappa shape index (κ3) is 4.41. The van der Waals surface area contributed by atoms with Crippen LogP contribution in [0.3, 0.4) is 0 Å². The van der Waals surface area contributed by atoms with Crippen LogP contribution >= 0.6 is 0 Å². The van der Waals surface area contributed by atoms with Gasteiger partial charge in [0.1, 0.15) is 5.75 Å². The van der Waals surface area contributed by atoms with E-state index >= 15 is 0 Å². The summed E-state index contributed by atoms with van der Waals surface area (Å²) in [5.74, 6) is 1.05. The first kappa shape index (κ1) is 19.0. The highest BCUT2D eigenvalue weighted by Gasteiger charge is 2.18. The molecule has 2 rings (SSSR count). The number of ether oxygens (including phenoxy) is 3. The number of anilines is 1. The summed E-state index contributed by atoms with van der Waals surface area (Å²) >= 11 is 0. The molecule has 0 aliphatic carbocycles. The van der Waals surface area contributed by atoms with Crippen LogP contribution in [0.1, 0.15) is 12.5 Å². The number of hydrogen-bond donors (Lipinski definition) is 1. The number of rotatable bonds is 7. The van der Waals surface area contributed by atoms with Gasteiger partial charge in [-0.25, -0.2) is 0 Å². The van der Waals surface area contributed by atoms with Gasteiger partial charge in [0.15, 0.2) is 17.6 Å². The van der Waals surface area contributed by atoms with Crippen LogP contribution in [0.5, 0.6) is 17.2 Å². The molecule has 0 saturated heterocycles. The summed E-state index contributed by atoms with van der Waals surface area (Å²) in [6.45, 7) is 3.20. The SMILES string of the molecule is COc1ccc(NC(=O)[C@@H](C)Oc2ccc([N+](=O)[O-])c(C)c2)cc1OC. The van der Waals surface area contributed by atoms with E-state index in [9.17, 15) is 14.9 Å². The van der Waals surface area contributed by atoms with E-state index in [0.717, 1.165) is 0 Å². The summed E-state index contributed by atoms with van der Waals surface area (Å²) in [5, 5.41) is 13.6. The van der Waals surface area contributed by atoms with Crippen molar-refractivity contribution in [1.82, 2.24) is 0 Å². The summed E-state index contributed by atoms with van der Waals surface area (Å²) in [7, 11) is 3.03. The minimum Gasteiger partial charge on any atom is -0.493 e. The van der Waals surface area contributed by atoms with Crippen LogP contribution in [0.4, 0.5) is 11.4 Å². The Morgan fingerprint density at radius 2 is 1.81 bits per heavy atom. The third-order valence-electron chi connectivity index (χ3n) is 3.70. The standard InChI is InChI=1S/C18H20N2O6/c1-11-9-14(6-7-15(11)20(22)23)26-12(2)18(21)19-13-5-8-16(24-3)17(10-13)25-4/h5-10,12H,1-4H3,(H,19,21)/t12-/m1/s1. The minimum atomic E-state index is -0.802. The number of nitrogens with one attached hydrogen (secondary N) is 1. The van der Waals surface area contributed by atoms with E-state index in [1.807, 2.05) is 0 Å². The molecule has 26 heavy (non-hydrogen) atoms. The van der Waals surface area contributed by atoms with Crippen LogP contribution in [0, 0.1) is 17.0 Å². The lowest BCUT2D eigenvalue weighted by atomic mass is 10.2. The van der Waals surface area contributed by atoms with Gasteiger partial charge in [-0.05, 0) is 38.1 Å². The molecule has 0 aromatic heterocycles. The fraction of sp³-hybridized carbons (Fsp3) is 0.278. The Labute approximate surface area is 150 Å². The molecule has 2 aromatic carbocycles. The average molecular weight is 360 g/mol. The highest BCUT2D eigenvalue weighted by Crippen LogP contribution is 2.30. The van der Waals surface area contributed by atoms with Gasteiger partial charge in [-0.1, -0.05) is 0 Å². The lowest BCUT2D eigenvalue weighted by Crippen LogP contribution is -2.30. The molecule has 138 valence electrons. The highest BCUT2D eigenvalue weighted by atomic mass is 16.6. The molecule has 2 aromatic rings. The lowest BCUT2D eigenvalue weighted by molar-refractivity contribution is -0.385. The maximum Gasteiger partial charge on any atom is 0.272 e. The van der Waals surface area contributed by atoms with Crippen molar-refractivity contribution in [2.75, 3.05) is 19.5 Å². The normalized spacial score (nSPS) is 11.4. The summed E-state index contributed by atoms with van der Waals surface area (Å²) in [6, 6.07) is 9.34. The van der Waals surface area contributed by atoms with E-state index in [1.54, 1.807) is 32.0 Å². The molecular formula is C18H20N2O6. The Hall–Kier alpha value is -3.29. The van der Waals surface area contributed by atoms with Crippen LogP contribution < -0.4 is 19.5 Å². The average Bonchev–Trinajstić information content (AvgIpc) is 2.61. The molecule has 0 radical (unpaired) electrons. The van der Waals surface area contributed by atoms with Crippen LogP contribution in [0.25, 0.3) is 0 Å². The first-order chi connectivity index (χ1) is 12.3. The Balaban J connectivity index is 2.06. The van der Waals surface area contributed by atoms with Crippen molar-refractivity contribution in [3.8, 4) is 17.2 Å². The topological polar surface area (TPSA) is 99.9 Å². The van der Waals surface area contributed by atoms with Gasteiger partial charge in [-0.15, -0.1) is 0 Å². The van der Waals surface area contributed by atoms with Crippen molar-refractivity contribution in [3.63, 3.8) is 0 Å². The molecule has 1 N–H and O–H groups in total. The van der Waals surface area contributed by atoms with Crippen LogP contribution in [0.15, 0.2) is 36.4 Å². The first-order valence-corrected chi connectivity index (χ1v) is 7.80. The van der Waals surface area contributed by atoms with Gasteiger partial charge < -0.3 is 19.5 Å². The van der Waals surface area contributed by atoms with Crippen molar-refractivity contribution >= 4 is 17.3 Å². The predicted octanol–water partition coefficient (Wildman–Crippen LogP) is 3.33. The smallest absolute Gasteiger partial charge is 0.272 e. The molecule has 1 atom stereocenters. The maximum absolute atomic E-state index is 12.3. The maximum atomic E-state index is 12.3. The van der Waals surface area contributed by atoms with Gasteiger partial charge in [0.05, 0.1) is 19.1 Å². The monoisotopic (exact) mass is 360 g/mol. The van der Waals surface area contributed by atoms with E-state index in [1.165, 1.54) is 32.4 Å². The number of carbonyl (C=O) groups is 1. The third-order valence-corrected chi connectivity index (χ3v) is 3.70. The minimum absolute atomic E-state index is 0.000201. The number of nitro benzene ring substituents is 1. The summed E-state index contributed by atoms with van der Waals surface area (Å²) in [5.41, 5.74) is 0.989. The molecule has 0 spiro atoms. The van der Waals surface area contributed by atoms with E-state index in [-0.39, 0.29) is 11.6 Å². The molecule has 0 aliphatic rings. The van der Waals surface area contributed by atoms with E-state index in [2.05, 4.69) is 5.32 Å². The number of aryl methyl sites for hydroxylation is 1. The van der Waals surface area contributed by atoms with Crippen molar-refractivity contribution in [2.24, 2.45) is 0 Å². The predicted molar refractivity (Wildman–Crippen MR) is 96.1 cm³/mol. The fourth-order valence-corrected chi connectivity index (χ4v) is 2.32. The van der Waals surface area contributed by atoms with Crippen LogP contribution in [0.2, 0.25) is 0 Å². The van der Waals surface area contributed by atoms with Crippen LogP contribution in [-0.4, -0.2) is 31.2 Å². The molecule has 0 saturated carbocycles. The van der Waals surface area contributed by atoms with E-state index in [4.69, 9.17) is 14.2 Å². The molecule has 1 amide bonds. The zero-order chi connectivity index (χ0) is 19.3. The Morgan fingerprint density at radius 1 is 1.12 bits per heavy atom. The van der Waals surface area contributed by atoms with Crippen molar-refractivity contribution in [3.05, 3.63) is 52.1 Å². The number of amides is 1. The van der Waals surface area contributed by atoms with Gasteiger partial charge in [0.2, 0.25) is 0 Å².